The summed E-state index contributed by atoms with van der Waals surface area (Å²) in [5.74, 6) is 0.430. The van der Waals surface area contributed by atoms with Crippen molar-refractivity contribution in [1.82, 2.24) is 14.7 Å². The van der Waals surface area contributed by atoms with E-state index in [0.717, 1.165) is 11.3 Å². The first kappa shape index (κ1) is 19.0. The van der Waals surface area contributed by atoms with Gasteiger partial charge in [-0.05, 0) is 42.0 Å². The summed E-state index contributed by atoms with van der Waals surface area (Å²) in [7, 11) is 1.62. The first-order valence-corrected chi connectivity index (χ1v) is 9.53. The van der Waals surface area contributed by atoms with Gasteiger partial charge in [-0.3, -0.25) is 0 Å². The molecule has 0 aliphatic carbocycles. The number of amides is 4. The van der Waals surface area contributed by atoms with Crippen molar-refractivity contribution in [2.24, 2.45) is 0 Å². The van der Waals surface area contributed by atoms with Crippen LogP contribution in [0.15, 0.2) is 48.5 Å². The minimum Gasteiger partial charge on any atom is -0.497 e. The summed E-state index contributed by atoms with van der Waals surface area (Å²) in [6.07, 6.45) is 0. The summed E-state index contributed by atoms with van der Waals surface area (Å²) >= 11 is 0. The molecule has 8 heteroatoms. The van der Waals surface area contributed by atoms with Crippen molar-refractivity contribution in [3.63, 3.8) is 0 Å². The lowest BCUT2D eigenvalue weighted by Gasteiger charge is -2.36. The van der Waals surface area contributed by atoms with Gasteiger partial charge in [0.2, 0.25) is 0 Å². The molecule has 29 heavy (non-hydrogen) atoms. The lowest BCUT2D eigenvalue weighted by atomic mass is 10.2. The predicted molar refractivity (Wildman–Crippen MR) is 106 cm³/mol. The summed E-state index contributed by atoms with van der Waals surface area (Å²) in [5.41, 5.74) is 1.58. The van der Waals surface area contributed by atoms with E-state index in [0.29, 0.717) is 38.4 Å². The fraction of sp³-hybridized carbons (Fsp3) is 0.333. The fourth-order valence-corrected chi connectivity index (χ4v) is 3.78. The standard InChI is InChI=1S/C21H23FN4O3/c1-29-19-8-2-15(3-9-19)12-25-14-18-13-24(10-11-26(18)21(25)28)20(27)23-17-6-4-16(22)5-7-17/h2-9,18H,10-14H2,1H3,(H,23,27)/t18-/m1/s1. The number of hydrogen-bond donors (Lipinski definition) is 1. The Morgan fingerprint density at radius 1 is 1.10 bits per heavy atom. The molecule has 152 valence electrons. The van der Waals surface area contributed by atoms with Crippen molar-refractivity contribution >= 4 is 17.7 Å². The van der Waals surface area contributed by atoms with Gasteiger partial charge in [-0.1, -0.05) is 12.1 Å². The molecule has 0 aromatic heterocycles. The lowest BCUT2D eigenvalue weighted by molar-refractivity contribution is 0.135. The summed E-state index contributed by atoms with van der Waals surface area (Å²) in [6, 6.07) is 13.1. The first-order valence-electron chi connectivity index (χ1n) is 9.53. The molecule has 2 aromatic carbocycles. The number of nitrogens with one attached hydrogen (secondary N) is 1. The SMILES string of the molecule is COc1ccc(CN2C[C@H]3CN(C(=O)Nc4ccc(F)cc4)CCN3C2=O)cc1. The van der Waals surface area contributed by atoms with Crippen LogP contribution in [0.5, 0.6) is 5.75 Å². The number of ether oxygens (including phenoxy) is 1. The van der Waals surface area contributed by atoms with Crippen LogP contribution in [0.2, 0.25) is 0 Å². The number of carbonyl (C=O) groups is 2. The lowest BCUT2D eigenvalue weighted by Crippen LogP contribution is -2.54. The summed E-state index contributed by atoms with van der Waals surface area (Å²) in [5, 5.41) is 2.78. The van der Waals surface area contributed by atoms with Crippen molar-refractivity contribution in [3.8, 4) is 5.75 Å². The number of hydrogen-bond acceptors (Lipinski definition) is 3. The van der Waals surface area contributed by atoms with Crippen molar-refractivity contribution in [2.45, 2.75) is 12.6 Å². The normalized spacial score (nSPS) is 18.6. The van der Waals surface area contributed by atoms with E-state index in [4.69, 9.17) is 4.74 Å². The second-order valence-electron chi connectivity index (χ2n) is 7.24. The van der Waals surface area contributed by atoms with E-state index in [2.05, 4.69) is 5.32 Å². The van der Waals surface area contributed by atoms with Crippen LogP contribution in [0.4, 0.5) is 19.7 Å². The Bertz CT molecular complexity index is 888. The predicted octanol–water partition coefficient (Wildman–Crippen LogP) is 2.99. The largest absolute Gasteiger partial charge is 0.497 e. The Morgan fingerprint density at radius 3 is 2.52 bits per heavy atom. The van der Waals surface area contributed by atoms with Gasteiger partial charge in [0.25, 0.3) is 0 Å². The van der Waals surface area contributed by atoms with Gasteiger partial charge in [0, 0.05) is 38.4 Å². The first-order chi connectivity index (χ1) is 14.0. The van der Waals surface area contributed by atoms with E-state index in [1.54, 1.807) is 12.0 Å². The molecule has 7 nitrogen and oxygen atoms in total. The molecule has 2 saturated heterocycles. The molecule has 2 aliphatic heterocycles. The van der Waals surface area contributed by atoms with Crippen molar-refractivity contribution < 1.29 is 18.7 Å². The summed E-state index contributed by atoms with van der Waals surface area (Å²) in [4.78, 5) is 30.6. The number of rotatable bonds is 4. The minimum absolute atomic E-state index is 0.00408. The van der Waals surface area contributed by atoms with Gasteiger partial charge in [-0.15, -0.1) is 0 Å². The molecule has 2 aromatic rings. The Morgan fingerprint density at radius 2 is 1.83 bits per heavy atom. The van der Waals surface area contributed by atoms with Crippen LogP contribution in [0.3, 0.4) is 0 Å². The van der Waals surface area contributed by atoms with Gasteiger partial charge >= 0.3 is 12.1 Å². The fourth-order valence-electron chi connectivity index (χ4n) is 3.78. The molecule has 0 bridgehead atoms. The molecular formula is C21H23FN4O3. The molecule has 2 fully saturated rings. The van der Waals surface area contributed by atoms with Gasteiger partial charge in [-0.25, -0.2) is 14.0 Å². The zero-order chi connectivity index (χ0) is 20.4. The molecule has 2 aliphatic rings. The Kier molecular flexibility index (Phi) is 5.24. The smallest absolute Gasteiger partial charge is 0.321 e. The number of methoxy groups -OCH3 is 1. The molecule has 1 atom stereocenters. The Labute approximate surface area is 168 Å². The van der Waals surface area contributed by atoms with Crippen molar-refractivity contribution in [3.05, 3.63) is 59.9 Å². The van der Waals surface area contributed by atoms with Gasteiger partial charge in [0.05, 0.1) is 13.2 Å². The molecule has 0 saturated carbocycles. The van der Waals surface area contributed by atoms with Crippen LogP contribution in [0, 0.1) is 5.82 Å². The number of anilines is 1. The van der Waals surface area contributed by atoms with E-state index in [9.17, 15) is 14.0 Å². The molecule has 0 unspecified atom stereocenters. The van der Waals surface area contributed by atoms with Crippen LogP contribution in [-0.4, -0.2) is 66.1 Å². The van der Waals surface area contributed by atoms with Gasteiger partial charge in [-0.2, -0.15) is 0 Å². The van der Waals surface area contributed by atoms with Crippen molar-refractivity contribution in [2.75, 3.05) is 38.6 Å². The van der Waals surface area contributed by atoms with Gasteiger partial charge in [0.1, 0.15) is 11.6 Å². The van der Waals surface area contributed by atoms with E-state index in [-0.39, 0.29) is 23.9 Å². The molecule has 0 spiro atoms. The third-order valence-corrected chi connectivity index (χ3v) is 5.35. The van der Waals surface area contributed by atoms with E-state index >= 15 is 0 Å². The van der Waals surface area contributed by atoms with Crippen LogP contribution in [0.25, 0.3) is 0 Å². The third-order valence-electron chi connectivity index (χ3n) is 5.35. The van der Waals surface area contributed by atoms with Crippen molar-refractivity contribution in [1.29, 1.82) is 0 Å². The van der Waals surface area contributed by atoms with Crippen LogP contribution < -0.4 is 10.1 Å². The second-order valence-corrected chi connectivity index (χ2v) is 7.24. The van der Waals surface area contributed by atoms with Gasteiger partial charge in [0.15, 0.2) is 0 Å². The maximum Gasteiger partial charge on any atom is 0.321 e. The Balaban J connectivity index is 1.36. The van der Waals surface area contributed by atoms with E-state index < -0.39 is 0 Å². The molecular weight excluding hydrogens is 375 g/mol. The highest BCUT2D eigenvalue weighted by atomic mass is 19.1. The molecule has 1 N–H and O–H groups in total. The molecule has 4 amide bonds. The maximum atomic E-state index is 13.0. The van der Waals surface area contributed by atoms with Crippen LogP contribution >= 0.6 is 0 Å². The maximum absolute atomic E-state index is 13.0. The number of halogens is 1. The number of nitrogens with zero attached hydrogens (tertiary/aromatic N) is 3. The van der Waals surface area contributed by atoms with Gasteiger partial charge < -0.3 is 24.8 Å². The highest BCUT2D eigenvalue weighted by Gasteiger charge is 2.41. The summed E-state index contributed by atoms with van der Waals surface area (Å²) in [6.45, 7) is 2.53. The van der Waals surface area contributed by atoms with E-state index in [1.807, 2.05) is 34.1 Å². The van der Waals surface area contributed by atoms with E-state index in [1.165, 1.54) is 24.3 Å². The summed E-state index contributed by atoms with van der Waals surface area (Å²) < 4.78 is 18.2. The number of benzene rings is 2. The number of fused-ring (bicyclic) bond motifs is 1. The zero-order valence-electron chi connectivity index (χ0n) is 16.2. The average Bonchev–Trinajstić information content (AvgIpc) is 3.05. The topological polar surface area (TPSA) is 65.1 Å². The highest BCUT2D eigenvalue weighted by molar-refractivity contribution is 5.89. The quantitative estimate of drug-likeness (QED) is 0.861. The molecule has 4 rings (SSSR count). The van der Waals surface area contributed by atoms with Crippen LogP contribution in [0.1, 0.15) is 5.56 Å². The number of carbonyl (C=O) groups excluding carboxylic acids is 2. The number of urea groups is 2. The third kappa shape index (κ3) is 4.11. The highest BCUT2D eigenvalue weighted by Crippen LogP contribution is 2.24. The zero-order valence-corrected chi connectivity index (χ0v) is 16.2. The number of piperazine rings is 1. The Hall–Kier alpha value is -3.29. The van der Waals surface area contributed by atoms with Crippen LogP contribution in [-0.2, 0) is 6.54 Å². The average molecular weight is 398 g/mol. The molecule has 2 heterocycles. The second kappa shape index (κ2) is 7.98. The molecule has 0 radical (unpaired) electrons. The monoisotopic (exact) mass is 398 g/mol. The minimum atomic E-state index is -0.349.